The van der Waals surface area contributed by atoms with Gasteiger partial charge in [0.15, 0.2) is 0 Å². The van der Waals surface area contributed by atoms with Crippen molar-refractivity contribution < 1.29 is 66.9 Å². The van der Waals surface area contributed by atoms with E-state index in [1.807, 2.05) is 0 Å². The van der Waals surface area contributed by atoms with Crippen LogP contribution < -0.4 is 29.6 Å². The van der Waals surface area contributed by atoms with Gasteiger partial charge in [-0.2, -0.15) is 0 Å². The van der Waals surface area contributed by atoms with Crippen molar-refractivity contribution in [3.8, 4) is 0 Å². The van der Waals surface area contributed by atoms with Gasteiger partial charge in [0.25, 0.3) is 0 Å². The molecular weight excluding hydrogens is 207 g/mol. The summed E-state index contributed by atoms with van der Waals surface area (Å²) in [5.41, 5.74) is 0. The van der Waals surface area contributed by atoms with Gasteiger partial charge in [0.2, 0.25) is 10.4 Å². The van der Waals surface area contributed by atoms with Crippen LogP contribution in [0.5, 0.6) is 0 Å². The minimum absolute atomic E-state index is 0. The van der Waals surface area contributed by atoms with Gasteiger partial charge in [-0.15, -0.1) is 0 Å². The maximum Gasteiger partial charge on any atom is 1.00 e. The van der Waals surface area contributed by atoms with Gasteiger partial charge in [-0.05, 0) is 0 Å². The van der Waals surface area contributed by atoms with E-state index in [9.17, 15) is 0 Å². The maximum absolute atomic E-state index is 9.10. The van der Waals surface area contributed by atoms with Crippen molar-refractivity contribution in [1.82, 2.24) is 0 Å². The zero-order valence-corrected chi connectivity index (χ0v) is 8.61. The van der Waals surface area contributed by atoms with E-state index in [0.717, 1.165) is 0 Å². The Balaban J connectivity index is -0.000000126. The van der Waals surface area contributed by atoms with E-state index in [-0.39, 0.29) is 29.6 Å². The number of hydrogen-bond donors (Lipinski definition) is 3. The maximum atomic E-state index is 9.10. The number of carboxylic acid groups (broad SMARTS) is 2. The van der Waals surface area contributed by atoms with Crippen LogP contribution in [0.2, 0.25) is 0 Å². The predicted octanol–water partition coefficient (Wildman–Crippen LogP) is -4.84. The summed E-state index contributed by atoms with van der Waals surface area (Å²) in [6, 6.07) is 0. The molecule has 0 aliphatic rings. The Hall–Kier alpha value is -0.190. The summed E-state index contributed by atoms with van der Waals surface area (Å²) < 4.78 is 32.8. The molecule has 0 saturated carbocycles. The van der Waals surface area contributed by atoms with Gasteiger partial charge in [0.1, 0.15) is 0 Å². The molecule has 0 aromatic carbocycles. The molecule has 12 heavy (non-hydrogen) atoms. The largest absolute Gasteiger partial charge is 1.00 e. The smallest absolute Gasteiger partial charge is 0.726 e. The fourth-order valence-corrected chi connectivity index (χ4v) is 0. The van der Waals surface area contributed by atoms with Crippen LogP contribution in [0.3, 0.4) is 0 Å². The number of aliphatic carboxylic acids is 2. The van der Waals surface area contributed by atoms with Crippen molar-refractivity contribution in [2.24, 2.45) is 0 Å². The molecule has 0 heterocycles. The van der Waals surface area contributed by atoms with Crippen molar-refractivity contribution in [3.05, 3.63) is 0 Å². The standard InChI is InChI=1S/C2H2O4.Na.H2O4S/c3-1(4)2(5)6;;1-5(2,3)4/h(H,3,4)(H,5,6);;(H2,1,2,3,4)/q;+1;/p-1. The minimum Gasteiger partial charge on any atom is -0.726 e. The third-order valence-electron chi connectivity index (χ3n) is 0.183. The van der Waals surface area contributed by atoms with E-state index in [0.29, 0.717) is 0 Å². The number of hydrogen-bond acceptors (Lipinski definition) is 5. The predicted molar refractivity (Wildman–Crippen MR) is 27.6 cm³/mol. The fourth-order valence-electron chi connectivity index (χ4n) is 0. The van der Waals surface area contributed by atoms with E-state index in [1.165, 1.54) is 0 Å². The second kappa shape index (κ2) is 7.46. The van der Waals surface area contributed by atoms with Crippen molar-refractivity contribution in [3.63, 3.8) is 0 Å². The van der Waals surface area contributed by atoms with Gasteiger partial charge in [0.05, 0.1) is 0 Å². The molecule has 0 atom stereocenters. The quantitative estimate of drug-likeness (QED) is 0.156. The third-order valence-corrected chi connectivity index (χ3v) is 0.183. The molecule has 0 aromatic rings. The van der Waals surface area contributed by atoms with Crippen LogP contribution >= 0.6 is 0 Å². The molecule has 0 aliphatic heterocycles. The van der Waals surface area contributed by atoms with Crippen LogP contribution in [-0.2, 0) is 20.0 Å². The van der Waals surface area contributed by atoms with Gasteiger partial charge >= 0.3 is 41.5 Å². The first-order valence-electron chi connectivity index (χ1n) is 1.79. The van der Waals surface area contributed by atoms with Crippen LogP contribution in [0.15, 0.2) is 0 Å². The summed E-state index contributed by atoms with van der Waals surface area (Å²) in [7, 11) is -4.92. The van der Waals surface area contributed by atoms with Crippen LogP contribution in [-0.4, -0.2) is 39.7 Å². The first kappa shape index (κ1) is 17.8. The fraction of sp³-hybridized carbons (Fsp3) is 0. The first-order valence-corrected chi connectivity index (χ1v) is 3.15. The summed E-state index contributed by atoms with van der Waals surface area (Å²) in [6.45, 7) is 0. The number of carbonyl (C=O) groups is 2. The molecule has 0 saturated heterocycles. The van der Waals surface area contributed by atoms with E-state index >= 15 is 0 Å². The zero-order chi connectivity index (χ0) is 9.65. The van der Waals surface area contributed by atoms with Crippen molar-refractivity contribution >= 4 is 22.3 Å². The monoisotopic (exact) mass is 210 g/mol. The van der Waals surface area contributed by atoms with Gasteiger partial charge in [-0.25, -0.2) is 18.0 Å². The van der Waals surface area contributed by atoms with E-state index < -0.39 is 22.3 Å². The summed E-state index contributed by atoms with van der Waals surface area (Å²) in [5, 5.41) is 14.8. The Labute approximate surface area is 89.1 Å². The van der Waals surface area contributed by atoms with Gasteiger partial charge in [0, 0.05) is 0 Å². The Morgan fingerprint density at radius 3 is 1.17 bits per heavy atom. The SMILES string of the molecule is O=C(O)C(=O)O.O=S(=O)([O-])O.[Na+]. The molecule has 0 aromatic heterocycles. The number of carboxylic acids is 2. The Morgan fingerprint density at radius 2 is 1.17 bits per heavy atom. The Kier molecular flexibility index (Phi) is 11.1. The van der Waals surface area contributed by atoms with Gasteiger partial charge in [-0.3, -0.25) is 4.55 Å². The molecule has 0 radical (unpaired) electrons. The molecule has 0 fully saturated rings. The molecule has 0 rings (SSSR count). The van der Waals surface area contributed by atoms with Gasteiger partial charge in [-0.1, -0.05) is 0 Å². The summed E-state index contributed by atoms with van der Waals surface area (Å²) in [6.07, 6.45) is 0. The van der Waals surface area contributed by atoms with Crippen molar-refractivity contribution in [2.45, 2.75) is 0 Å². The molecule has 0 spiro atoms. The van der Waals surface area contributed by atoms with Crippen LogP contribution in [0, 0.1) is 0 Å². The summed E-state index contributed by atoms with van der Waals surface area (Å²) in [4.78, 5) is 18.2. The molecule has 8 nitrogen and oxygen atoms in total. The second-order valence-electron chi connectivity index (χ2n) is 1.04. The van der Waals surface area contributed by atoms with Crippen LogP contribution in [0.4, 0.5) is 0 Å². The van der Waals surface area contributed by atoms with Crippen molar-refractivity contribution in [2.75, 3.05) is 0 Å². The van der Waals surface area contributed by atoms with Crippen LogP contribution in [0.1, 0.15) is 0 Å². The average molecular weight is 210 g/mol. The molecule has 3 N–H and O–H groups in total. The molecule has 0 aliphatic carbocycles. The minimum atomic E-state index is -4.92. The first-order chi connectivity index (χ1) is 4.64. The molecule has 10 heteroatoms. The Bertz CT molecular complexity index is 220. The van der Waals surface area contributed by atoms with Gasteiger partial charge < -0.3 is 14.8 Å². The molecule has 66 valence electrons. The van der Waals surface area contributed by atoms with E-state index in [1.54, 1.807) is 0 Å². The molecule has 0 unspecified atom stereocenters. The molecule has 0 bridgehead atoms. The number of rotatable bonds is 0. The topological polar surface area (TPSA) is 152 Å². The average Bonchev–Trinajstić information content (AvgIpc) is 1.59. The van der Waals surface area contributed by atoms with Crippen molar-refractivity contribution in [1.29, 1.82) is 0 Å². The Morgan fingerprint density at radius 1 is 1.08 bits per heavy atom. The third kappa shape index (κ3) is 52.5. The van der Waals surface area contributed by atoms with E-state index in [2.05, 4.69) is 0 Å². The molecular formula is C2H3NaO8S. The normalized spacial score (nSPS) is 8.50. The molecule has 0 amide bonds. The zero-order valence-electron chi connectivity index (χ0n) is 5.79. The summed E-state index contributed by atoms with van der Waals surface area (Å²) in [5.74, 6) is -3.65. The second-order valence-corrected chi connectivity index (χ2v) is 1.89. The van der Waals surface area contributed by atoms with E-state index in [4.69, 9.17) is 37.3 Å². The van der Waals surface area contributed by atoms with Crippen LogP contribution in [0.25, 0.3) is 0 Å². The summed E-state index contributed by atoms with van der Waals surface area (Å²) >= 11 is 0.